The lowest BCUT2D eigenvalue weighted by Crippen LogP contribution is -2.57. The summed E-state index contributed by atoms with van der Waals surface area (Å²) in [5.74, 6) is 3.60. The Labute approximate surface area is 228 Å². The van der Waals surface area contributed by atoms with E-state index in [0.717, 1.165) is 17.7 Å². The van der Waals surface area contributed by atoms with Crippen LogP contribution in [-0.2, 0) is 25.2 Å². The van der Waals surface area contributed by atoms with Crippen LogP contribution in [0.5, 0.6) is 5.75 Å². The molecule has 0 aliphatic carbocycles. The summed E-state index contributed by atoms with van der Waals surface area (Å²) in [6.07, 6.45) is 7.19. The van der Waals surface area contributed by atoms with Crippen molar-refractivity contribution in [3.8, 4) is 18.1 Å². The summed E-state index contributed by atoms with van der Waals surface area (Å²) in [4.78, 5) is 0. The third kappa shape index (κ3) is 8.83. The predicted octanol–water partition coefficient (Wildman–Crippen LogP) is 7.44. The number of methoxy groups -OCH3 is 1. The van der Waals surface area contributed by atoms with Crippen LogP contribution in [0.1, 0.15) is 73.8 Å². The van der Waals surface area contributed by atoms with Gasteiger partial charge in [-0.05, 0) is 62.0 Å². The van der Waals surface area contributed by atoms with Crippen LogP contribution < -0.4 is 4.74 Å². The molecular weight excluding hydrogens is 480 g/mol. The minimum atomic E-state index is -2.02. The van der Waals surface area contributed by atoms with Crippen molar-refractivity contribution in [2.45, 2.75) is 117 Å². The molecule has 0 spiro atoms. The van der Waals surface area contributed by atoms with Crippen LogP contribution >= 0.6 is 0 Å². The van der Waals surface area contributed by atoms with Crippen LogP contribution in [-0.4, -0.2) is 46.1 Å². The summed E-state index contributed by atoms with van der Waals surface area (Å²) in [5.41, 5.74) is 1.13. The summed E-state index contributed by atoms with van der Waals surface area (Å²) in [7, 11) is -0.343. The number of terminal acetylenes is 1. The van der Waals surface area contributed by atoms with Gasteiger partial charge in [-0.1, -0.05) is 53.7 Å². The molecule has 1 aromatic carbocycles. The predicted molar refractivity (Wildman–Crippen MR) is 154 cm³/mol. The molecule has 6 atom stereocenters. The van der Waals surface area contributed by atoms with Gasteiger partial charge in [0.25, 0.3) is 0 Å². The Morgan fingerprint density at radius 1 is 1.08 bits per heavy atom. The van der Waals surface area contributed by atoms with E-state index in [9.17, 15) is 0 Å². The molecule has 1 fully saturated rings. The first kappa shape index (κ1) is 31.9. The molecule has 0 aromatic heterocycles. The number of ether oxygens (including phenoxy) is 4. The van der Waals surface area contributed by atoms with E-state index in [4.69, 9.17) is 29.8 Å². The van der Waals surface area contributed by atoms with Gasteiger partial charge in [-0.15, -0.1) is 12.3 Å². The fourth-order valence-electron chi connectivity index (χ4n) is 4.91. The fraction of sp³-hybridized carbons (Fsp3) is 0.742. The van der Waals surface area contributed by atoms with Crippen molar-refractivity contribution in [1.29, 1.82) is 0 Å². The van der Waals surface area contributed by atoms with Gasteiger partial charge in [0.05, 0.1) is 32.0 Å². The highest BCUT2D eigenvalue weighted by Crippen LogP contribution is 2.43. The van der Waals surface area contributed by atoms with Crippen molar-refractivity contribution in [3.05, 3.63) is 29.8 Å². The Hall–Kier alpha value is -1.36. The minimum absolute atomic E-state index is 0.00895. The second kappa shape index (κ2) is 13.1. The largest absolute Gasteiger partial charge is 0.497 e. The molecule has 0 bridgehead atoms. The van der Waals surface area contributed by atoms with Crippen LogP contribution in [0.2, 0.25) is 18.1 Å². The molecule has 5 nitrogen and oxygen atoms in total. The molecule has 6 heteroatoms. The van der Waals surface area contributed by atoms with Crippen molar-refractivity contribution in [2.75, 3.05) is 13.7 Å². The van der Waals surface area contributed by atoms with Gasteiger partial charge in [0.1, 0.15) is 5.75 Å². The van der Waals surface area contributed by atoms with Gasteiger partial charge in [0.15, 0.2) is 14.1 Å². The molecule has 0 N–H and O–H groups in total. The van der Waals surface area contributed by atoms with Crippen LogP contribution in [0, 0.1) is 30.1 Å². The van der Waals surface area contributed by atoms with Crippen molar-refractivity contribution < 1.29 is 23.4 Å². The van der Waals surface area contributed by atoms with Crippen LogP contribution in [0.3, 0.4) is 0 Å². The molecule has 0 amide bonds. The maximum atomic E-state index is 7.05. The molecule has 210 valence electrons. The van der Waals surface area contributed by atoms with Gasteiger partial charge >= 0.3 is 0 Å². The smallest absolute Gasteiger partial charge is 0.192 e. The van der Waals surface area contributed by atoms with E-state index < -0.39 is 14.1 Å². The Morgan fingerprint density at radius 3 is 2.22 bits per heavy atom. The van der Waals surface area contributed by atoms with Crippen molar-refractivity contribution in [1.82, 2.24) is 0 Å². The topological polar surface area (TPSA) is 46.2 Å². The second-order valence-corrected chi connectivity index (χ2v) is 17.5. The Kier molecular flexibility index (Phi) is 11.3. The van der Waals surface area contributed by atoms with Gasteiger partial charge in [-0.3, -0.25) is 0 Å². The molecule has 1 saturated heterocycles. The highest BCUT2D eigenvalue weighted by Gasteiger charge is 2.48. The molecule has 0 unspecified atom stereocenters. The number of hydrogen-bond acceptors (Lipinski definition) is 5. The zero-order valence-electron chi connectivity index (χ0n) is 25.2. The molecule has 0 saturated carbocycles. The summed E-state index contributed by atoms with van der Waals surface area (Å²) in [6, 6.07) is 8.02. The standard InChI is InChI=1S/C31H52O5Si/c1-13-14-22(2)28-24(4)29(35-31(8,9)34-28)23(3)27(36-37(11,12)30(5,6)7)19-20-33-21-25-15-17-26(32-10)18-16-25/h1,15-18,22-24,27-29H,14,19-21H2,2-12H3/t22-,23+,24-,27+,28+,29-/m0/s1. The van der Waals surface area contributed by atoms with Crippen LogP contribution in [0.4, 0.5) is 0 Å². The zero-order chi connectivity index (χ0) is 28.0. The van der Waals surface area contributed by atoms with E-state index in [1.54, 1.807) is 7.11 Å². The van der Waals surface area contributed by atoms with Gasteiger partial charge in [0, 0.05) is 24.9 Å². The zero-order valence-corrected chi connectivity index (χ0v) is 26.2. The van der Waals surface area contributed by atoms with E-state index >= 15 is 0 Å². The minimum Gasteiger partial charge on any atom is -0.497 e. The summed E-state index contributed by atoms with van der Waals surface area (Å²) < 4.78 is 31.4. The molecule has 1 aromatic rings. The number of benzene rings is 1. The number of hydrogen-bond donors (Lipinski definition) is 0. The maximum absolute atomic E-state index is 7.05. The lowest BCUT2D eigenvalue weighted by molar-refractivity contribution is -0.337. The summed E-state index contributed by atoms with van der Waals surface area (Å²) >= 11 is 0. The van der Waals surface area contributed by atoms with E-state index in [1.165, 1.54) is 0 Å². The van der Waals surface area contributed by atoms with E-state index in [0.29, 0.717) is 19.6 Å². The average molecular weight is 533 g/mol. The van der Waals surface area contributed by atoms with E-state index in [-0.39, 0.29) is 41.1 Å². The third-order valence-corrected chi connectivity index (χ3v) is 12.7. The Balaban J connectivity index is 2.19. The second-order valence-electron chi connectivity index (χ2n) is 12.8. The van der Waals surface area contributed by atoms with Crippen molar-refractivity contribution >= 4 is 8.32 Å². The van der Waals surface area contributed by atoms with Crippen LogP contribution in [0.25, 0.3) is 0 Å². The number of rotatable bonds is 12. The molecule has 37 heavy (non-hydrogen) atoms. The molecule has 1 aliphatic heterocycles. The first-order chi connectivity index (χ1) is 17.1. The molecule has 1 heterocycles. The summed E-state index contributed by atoms with van der Waals surface area (Å²) in [6.45, 7) is 23.4. The Morgan fingerprint density at radius 2 is 1.68 bits per heavy atom. The van der Waals surface area contributed by atoms with Gasteiger partial charge < -0.3 is 23.4 Å². The summed E-state index contributed by atoms with van der Waals surface area (Å²) in [5, 5.41) is 0.111. The average Bonchev–Trinajstić information content (AvgIpc) is 2.81. The fourth-order valence-corrected chi connectivity index (χ4v) is 6.36. The lowest BCUT2D eigenvalue weighted by atomic mass is 9.79. The van der Waals surface area contributed by atoms with Crippen molar-refractivity contribution in [2.24, 2.45) is 17.8 Å². The van der Waals surface area contributed by atoms with Gasteiger partial charge in [-0.25, -0.2) is 0 Å². The first-order valence-electron chi connectivity index (χ1n) is 13.8. The Bertz CT molecular complexity index is 867. The van der Waals surface area contributed by atoms with E-state index in [1.807, 2.05) is 38.1 Å². The highest BCUT2D eigenvalue weighted by molar-refractivity contribution is 6.74. The molecular formula is C31H52O5Si. The highest BCUT2D eigenvalue weighted by atomic mass is 28.4. The van der Waals surface area contributed by atoms with Crippen LogP contribution in [0.15, 0.2) is 24.3 Å². The third-order valence-electron chi connectivity index (χ3n) is 8.21. The quantitative estimate of drug-likeness (QED) is 0.159. The molecule has 1 aliphatic rings. The van der Waals surface area contributed by atoms with Gasteiger partial charge in [0.2, 0.25) is 0 Å². The monoisotopic (exact) mass is 532 g/mol. The molecule has 2 rings (SSSR count). The first-order valence-corrected chi connectivity index (χ1v) is 16.7. The SMILES string of the molecule is C#CC[C@H](C)[C@H]1OC(C)(C)O[C@@H]([C@H](C)[C@@H](CCOCc2ccc(OC)cc2)O[Si](C)(C)C(C)(C)C)[C@H]1C. The maximum Gasteiger partial charge on any atom is 0.192 e. The lowest BCUT2D eigenvalue weighted by Gasteiger charge is -2.50. The van der Waals surface area contributed by atoms with Crippen molar-refractivity contribution in [3.63, 3.8) is 0 Å². The van der Waals surface area contributed by atoms with Gasteiger partial charge in [-0.2, -0.15) is 0 Å². The molecule has 0 radical (unpaired) electrons. The van der Waals surface area contributed by atoms with E-state index in [2.05, 4.69) is 60.6 Å². The normalized spacial score (nSPS) is 24.6.